The van der Waals surface area contributed by atoms with Crippen LogP contribution >= 0.6 is 11.6 Å². The average Bonchev–Trinajstić information content (AvgIpc) is 2.52. The number of hydrogen-bond donors (Lipinski definition) is 2. The van der Waals surface area contributed by atoms with Crippen LogP contribution in [0, 0.1) is 0 Å². The first-order valence-corrected chi connectivity index (χ1v) is 7.35. The minimum atomic E-state index is -0.507. The van der Waals surface area contributed by atoms with Crippen molar-refractivity contribution in [2.75, 3.05) is 0 Å². The lowest BCUT2D eigenvalue weighted by atomic mass is 10.1. The van der Waals surface area contributed by atoms with Gasteiger partial charge < -0.3 is 11.1 Å². The third kappa shape index (κ3) is 4.88. The van der Waals surface area contributed by atoms with E-state index in [4.69, 9.17) is 17.3 Å². The molecule has 2 aromatic carbocycles. The number of carbonyl (C=O) groups excluding carboxylic acids is 1. The molecule has 2 aromatic rings. The predicted octanol–water partition coefficient (Wildman–Crippen LogP) is 2.92. The van der Waals surface area contributed by atoms with Gasteiger partial charge in [-0.1, -0.05) is 60.1 Å². The van der Waals surface area contributed by atoms with Crippen molar-refractivity contribution in [1.29, 1.82) is 0 Å². The summed E-state index contributed by atoms with van der Waals surface area (Å²) in [5.74, 6) is -0.147. The first-order valence-electron chi connectivity index (χ1n) is 6.97. The molecule has 4 heteroatoms. The Morgan fingerprint density at radius 2 is 1.76 bits per heavy atom. The number of carbonyl (C=O) groups is 1. The zero-order valence-corrected chi connectivity index (χ0v) is 12.5. The highest BCUT2D eigenvalue weighted by Gasteiger charge is 2.13. The second-order valence-corrected chi connectivity index (χ2v) is 5.35. The number of amides is 1. The summed E-state index contributed by atoms with van der Waals surface area (Å²) in [5.41, 5.74) is 8.00. The topological polar surface area (TPSA) is 55.1 Å². The number of hydrogen-bond acceptors (Lipinski definition) is 2. The van der Waals surface area contributed by atoms with Crippen LogP contribution in [0.5, 0.6) is 0 Å². The van der Waals surface area contributed by atoms with Gasteiger partial charge in [-0.15, -0.1) is 0 Å². The molecule has 3 nitrogen and oxygen atoms in total. The Morgan fingerprint density at radius 1 is 1.10 bits per heavy atom. The fraction of sp³-hybridized carbons (Fsp3) is 0.235. The standard InChI is InChI=1S/C17H19ClN2O/c18-15-9-5-4-8-14(15)12-20-17(21)16(19)11-10-13-6-2-1-3-7-13/h1-9,16H,10-12,19H2,(H,20,21)/t16-/m0/s1. The highest BCUT2D eigenvalue weighted by molar-refractivity contribution is 6.31. The van der Waals surface area contributed by atoms with Crippen LogP contribution in [0.15, 0.2) is 54.6 Å². The van der Waals surface area contributed by atoms with Crippen LogP contribution in [-0.4, -0.2) is 11.9 Å². The summed E-state index contributed by atoms with van der Waals surface area (Å²) in [6, 6.07) is 16.9. The van der Waals surface area contributed by atoms with E-state index in [0.29, 0.717) is 18.0 Å². The van der Waals surface area contributed by atoms with Gasteiger partial charge in [0, 0.05) is 11.6 Å². The normalized spacial score (nSPS) is 11.9. The van der Waals surface area contributed by atoms with E-state index in [9.17, 15) is 4.79 Å². The molecule has 0 fully saturated rings. The van der Waals surface area contributed by atoms with Crippen LogP contribution in [0.2, 0.25) is 5.02 Å². The third-order valence-electron chi connectivity index (χ3n) is 3.33. The fourth-order valence-corrected chi connectivity index (χ4v) is 2.26. The highest BCUT2D eigenvalue weighted by Crippen LogP contribution is 2.14. The zero-order chi connectivity index (χ0) is 15.1. The van der Waals surface area contributed by atoms with Crippen molar-refractivity contribution < 1.29 is 4.79 Å². The lowest BCUT2D eigenvalue weighted by Crippen LogP contribution is -2.40. The Kier molecular flexibility index (Phi) is 5.78. The van der Waals surface area contributed by atoms with E-state index in [-0.39, 0.29) is 5.91 Å². The van der Waals surface area contributed by atoms with Gasteiger partial charge in [0.2, 0.25) is 5.91 Å². The Hall–Kier alpha value is -1.84. The molecule has 3 N–H and O–H groups in total. The molecular weight excluding hydrogens is 284 g/mol. The Morgan fingerprint density at radius 3 is 2.48 bits per heavy atom. The second-order valence-electron chi connectivity index (χ2n) is 4.94. The molecule has 110 valence electrons. The molecule has 0 heterocycles. The van der Waals surface area contributed by atoms with Gasteiger partial charge in [0.25, 0.3) is 0 Å². The van der Waals surface area contributed by atoms with E-state index >= 15 is 0 Å². The smallest absolute Gasteiger partial charge is 0.237 e. The maximum Gasteiger partial charge on any atom is 0.237 e. The lowest BCUT2D eigenvalue weighted by Gasteiger charge is -2.13. The van der Waals surface area contributed by atoms with E-state index in [1.54, 1.807) is 6.07 Å². The SMILES string of the molecule is N[C@@H](CCc1ccccc1)C(=O)NCc1ccccc1Cl. The molecule has 0 aliphatic rings. The van der Waals surface area contributed by atoms with Crippen molar-refractivity contribution in [2.24, 2.45) is 5.73 Å². The molecule has 0 radical (unpaired) electrons. The molecule has 21 heavy (non-hydrogen) atoms. The highest BCUT2D eigenvalue weighted by atomic mass is 35.5. The molecule has 0 spiro atoms. The molecule has 0 bridgehead atoms. The molecule has 0 saturated carbocycles. The molecular formula is C17H19ClN2O. The molecule has 1 atom stereocenters. The summed E-state index contributed by atoms with van der Waals surface area (Å²) in [5, 5.41) is 3.48. The van der Waals surface area contributed by atoms with Crippen LogP contribution in [0.25, 0.3) is 0 Å². The van der Waals surface area contributed by atoms with Gasteiger partial charge in [0.05, 0.1) is 6.04 Å². The summed E-state index contributed by atoms with van der Waals surface area (Å²) in [6.07, 6.45) is 1.42. The number of rotatable bonds is 6. The van der Waals surface area contributed by atoms with E-state index in [0.717, 1.165) is 12.0 Å². The summed E-state index contributed by atoms with van der Waals surface area (Å²) >= 11 is 6.05. The molecule has 0 aliphatic heterocycles. The van der Waals surface area contributed by atoms with E-state index in [1.165, 1.54) is 5.56 Å². The number of aryl methyl sites for hydroxylation is 1. The number of halogens is 1. The Balaban J connectivity index is 1.79. The average molecular weight is 303 g/mol. The summed E-state index contributed by atoms with van der Waals surface area (Å²) in [7, 11) is 0. The Labute approximate surface area is 130 Å². The lowest BCUT2D eigenvalue weighted by molar-refractivity contribution is -0.122. The van der Waals surface area contributed by atoms with Crippen molar-refractivity contribution in [1.82, 2.24) is 5.32 Å². The summed E-state index contributed by atoms with van der Waals surface area (Å²) in [6.45, 7) is 0.400. The molecule has 0 saturated heterocycles. The zero-order valence-electron chi connectivity index (χ0n) is 11.8. The van der Waals surface area contributed by atoms with Gasteiger partial charge in [0.1, 0.15) is 0 Å². The monoisotopic (exact) mass is 302 g/mol. The minimum Gasteiger partial charge on any atom is -0.351 e. The van der Waals surface area contributed by atoms with E-state index in [1.807, 2.05) is 48.5 Å². The second kappa shape index (κ2) is 7.81. The first kappa shape index (κ1) is 15.5. The largest absolute Gasteiger partial charge is 0.351 e. The maximum absolute atomic E-state index is 12.0. The van der Waals surface area contributed by atoms with Gasteiger partial charge >= 0.3 is 0 Å². The molecule has 0 aromatic heterocycles. The van der Waals surface area contributed by atoms with E-state index in [2.05, 4.69) is 5.32 Å². The van der Waals surface area contributed by atoms with Gasteiger partial charge in [-0.2, -0.15) is 0 Å². The van der Waals surface area contributed by atoms with Crippen molar-refractivity contribution in [3.63, 3.8) is 0 Å². The van der Waals surface area contributed by atoms with Crippen LogP contribution in [-0.2, 0) is 17.8 Å². The van der Waals surface area contributed by atoms with Crippen molar-refractivity contribution in [3.05, 3.63) is 70.7 Å². The summed E-state index contributed by atoms with van der Waals surface area (Å²) < 4.78 is 0. The first-order chi connectivity index (χ1) is 10.2. The maximum atomic E-state index is 12.0. The van der Waals surface area contributed by atoms with Crippen molar-refractivity contribution in [2.45, 2.75) is 25.4 Å². The van der Waals surface area contributed by atoms with Crippen LogP contribution in [0.4, 0.5) is 0 Å². The number of nitrogens with two attached hydrogens (primary N) is 1. The van der Waals surface area contributed by atoms with Gasteiger partial charge in [-0.3, -0.25) is 4.79 Å². The van der Waals surface area contributed by atoms with Crippen molar-refractivity contribution in [3.8, 4) is 0 Å². The van der Waals surface area contributed by atoms with Gasteiger partial charge in [-0.05, 0) is 30.0 Å². The Bertz CT molecular complexity index is 586. The molecule has 0 unspecified atom stereocenters. The third-order valence-corrected chi connectivity index (χ3v) is 3.70. The quantitative estimate of drug-likeness (QED) is 0.862. The van der Waals surface area contributed by atoms with Crippen LogP contribution < -0.4 is 11.1 Å². The minimum absolute atomic E-state index is 0.147. The number of nitrogens with one attached hydrogen (secondary N) is 1. The van der Waals surface area contributed by atoms with Crippen molar-refractivity contribution >= 4 is 17.5 Å². The van der Waals surface area contributed by atoms with Crippen LogP contribution in [0.1, 0.15) is 17.5 Å². The fourth-order valence-electron chi connectivity index (χ4n) is 2.05. The predicted molar refractivity (Wildman–Crippen MR) is 86.0 cm³/mol. The summed E-state index contributed by atoms with van der Waals surface area (Å²) in [4.78, 5) is 12.0. The molecule has 0 aliphatic carbocycles. The molecule has 2 rings (SSSR count). The van der Waals surface area contributed by atoms with Crippen LogP contribution in [0.3, 0.4) is 0 Å². The number of benzene rings is 2. The van der Waals surface area contributed by atoms with E-state index < -0.39 is 6.04 Å². The van der Waals surface area contributed by atoms with Gasteiger partial charge in [0.15, 0.2) is 0 Å². The molecule has 1 amide bonds. The van der Waals surface area contributed by atoms with Gasteiger partial charge in [-0.25, -0.2) is 0 Å².